The first-order chi connectivity index (χ1) is 20.9. The molecule has 0 radical (unpaired) electrons. The van der Waals surface area contributed by atoms with Crippen LogP contribution in [0.1, 0.15) is 80.7 Å². The Kier molecular flexibility index (Phi) is 9.06. The van der Waals surface area contributed by atoms with Gasteiger partial charge in [-0.05, 0) is 69.7 Å². The summed E-state index contributed by atoms with van der Waals surface area (Å²) in [4.78, 5) is 34.2. The summed E-state index contributed by atoms with van der Waals surface area (Å²) in [5, 5.41) is 20.4. The van der Waals surface area contributed by atoms with E-state index in [2.05, 4.69) is 15.6 Å². The number of halogens is 1. The van der Waals surface area contributed by atoms with Gasteiger partial charge >= 0.3 is 0 Å². The second-order valence-corrected chi connectivity index (χ2v) is 12.8. The van der Waals surface area contributed by atoms with Gasteiger partial charge in [-0.25, -0.2) is 9.37 Å². The minimum atomic E-state index is -1.15. The average molecular weight is 607 g/mol. The summed E-state index contributed by atoms with van der Waals surface area (Å²) in [6, 6.07) is 12.0. The number of benzene rings is 2. The number of hydrogen-bond acceptors (Lipinski definition) is 7. The van der Waals surface area contributed by atoms with Crippen LogP contribution in [0.5, 0.6) is 5.75 Å². The molecule has 5 atom stereocenters. The average Bonchev–Trinajstić information content (AvgIpc) is 3.75. The van der Waals surface area contributed by atoms with Crippen molar-refractivity contribution in [2.24, 2.45) is 0 Å². The van der Waals surface area contributed by atoms with Crippen molar-refractivity contribution in [3.63, 3.8) is 0 Å². The second-order valence-electron chi connectivity index (χ2n) is 11.9. The van der Waals surface area contributed by atoms with Gasteiger partial charge in [-0.2, -0.15) is 0 Å². The number of likely N-dealkylation sites (tertiary alicyclic amines) is 1. The Morgan fingerprint density at radius 3 is 2.81 bits per heavy atom. The van der Waals surface area contributed by atoms with Gasteiger partial charge in [0.1, 0.15) is 16.9 Å². The summed E-state index contributed by atoms with van der Waals surface area (Å²) in [5.41, 5.74) is 3.26. The summed E-state index contributed by atoms with van der Waals surface area (Å²) < 4.78 is 20.9. The molecule has 2 saturated heterocycles. The van der Waals surface area contributed by atoms with Crippen LogP contribution in [0.4, 0.5) is 4.39 Å². The van der Waals surface area contributed by atoms with Gasteiger partial charge in [0.15, 0.2) is 0 Å². The van der Waals surface area contributed by atoms with E-state index in [0.717, 1.165) is 54.1 Å². The molecule has 3 N–H and O–H groups in total. The summed E-state index contributed by atoms with van der Waals surface area (Å²) in [7, 11) is 0. The van der Waals surface area contributed by atoms with Crippen LogP contribution < -0.4 is 15.4 Å². The van der Waals surface area contributed by atoms with E-state index in [1.807, 2.05) is 42.6 Å². The number of carbonyl (C=O) groups excluding carboxylic acids is 2. The zero-order valence-corrected chi connectivity index (χ0v) is 25.2. The van der Waals surface area contributed by atoms with E-state index < -0.39 is 24.4 Å². The largest absolute Gasteiger partial charge is 0.493 e. The quantitative estimate of drug-likeness (QED) is 0.348. The first-order valence-electron chi connectivity index (χ1n) is 15.3. The molecule has 8 nitrogen and oxygen atoms in total. The molecule has 10 heteroatoms. The summed E-state index contributed by atoms with van der Waals surface area (Å²) in [5.74, 6) is -0.186. The molecule has 3 aromatic rings. The molecule has 3 aliphatic rings. The van der Waals surface area contributed by atoms with Crippen molar-refractivity contribution in [1.82, 2.24) is 20.5 Å². The number of aliphatic hydroxyl groups excluding tert-OH is 1. The van der Waals surface area contributed by atoms with E-state index in [-0.39, 0.29) is 36.4 Å². The van der Waals surface area contributed by atoms with Gasteiger partial charge in [0, 0.05) is 40.2 Å². The van der Waals surface area contributed by atoms with Crippen LogP contribution in [0.2, 0.25) is 0 Å². The molecular formula is C33H39FN4O4S. The smallest absolute Gasteiger partial charge is 0.254 e. The zero-order chi connectivity index (χ0) is 29.9. The van der Waals surface area contributed by atoms with E-state index in [1.165, 1.54) is 11.3 Å². The maximum atomic E-state index is 14.8. The minimum Gasteiger partial charge on any atom is -0.493 e. The summed E-state index contributed by atoms with van der Waals surface area (Å²) in [6.07, 6.45) is 2.83. The van der Waals surface area contributed by atoms with Crippen molar-refractivity contribution in [1.29, 1.82) is 0 Å². The summed E-state index contributed by atoms with van der Waals surface area (Å²) in [6.45, 7) is 3.19. The third kappa shape index (κ3) is 6.61. The number of nitrogens with one attached hydrogen (secondary N) is 2. The highest BCUT2D eigenvalue weighted by Crippen LogP contribution is 2.38. The van der Waals surface area contributed by atoms with Gasteiger partial charge in [0.05, 0.1) is 31.3 Å². The highest BCUT2D eigenvalue weighted by Gasteiger charge is 2.40. The van der Waals surface area contributed by atoms with E-state index in [9.17, 15) is 19.1 Å². The number of alkyl halides is 1. The molecule has 1 aromatic heterocycles. The fourth-order valence-corrected chi connectivity index (χ4v) is 7.44. The second kappa shape index (κ2) is 13.1. The van der Waals surface area contributed by atoms with E-state index in [4.69, 9.17) is 4.74 Å². The Morgan fingerprint density at radius 1 is 1.23 bits per heavy atom. The topological polar surface area (TPSA) is 104 Å². The Hall–Kier alpha value is -3.34. The van der Waals surface area contributed by atoms with E-state index >= 15 is 0 Å². The van der Waals surface area contributed by atoms with Gasteiger partial charge in [-0.15, -0.1) is 11.3 Å². The predicted octanol–water partition coefficient (Wildman–Crippen LogP) is 4.55. The number of carbonyl (C=O) groups is 2. The normalized spacial score (nSPS) is 23.2. The molecule has 6 rings (SSSR count). The number of rotatable bonds is 8. The molecule has 2 amide bonds. The number of amides is 2. The fourth-order valence-electron chi connectivity index (χ4n) is 6.52. The van der Waals surface area contributed by atoms with Crippen LogP contribution >= 0.6 is 11.3 Å². The standard InChI is InChI=1S/C33H39FN4O4S/c1-20-19-43-32(36-20)28-17-23(34)18-38(28)33(41)25-15-22(16-29-24(25)10-5-6-13-42-29)31(40)37-27(14-21-8-3-2-4-9-21)30(39)26-11-7-12-35-26/h2-4,8-9,15-16,19,23,26-28,30,35,39H,5-7,10-14,17-18H2,1H3,(H,37,40)/t23-,26-,27-,28+,30+/m0/s1. The Balaban J connectivity index is 1.31. The van der Waals surface area contributed by atoms with Crippen LogP contribution in [-0.4, -0.2) is 70.9 Å². The monoisotopic (exact) mass is 606 g/mol. The summed E-state index contributed by atoms with van der Waals surface area (Å²) >= 11 is 1.44. The molecule has 228 valence electrons. The van der Waals surface area contributed by atoms with Crippen molar-refractivity contribution in [2.45, 2.75) is 82.3 Å². The molecule has 0 spiro atoms. The number of aliphatic hydroxyl groups is 1. The third-order valence-electron chi connectivity index (χ3n) is 8.75. The Labute approximate surface area is 255 Å². The van der Waals surface area contributed by atoms with Crippen molar-refractivity contribution >= 4 is 23.2 Å². The highest BCUT2D eigenvalue weighted by atomic mass is 32.1. The van der Waals surface area contributed by atoms with Gasteiger partial charge in [0.25, 0.3) is 11.8 Å². The first kappa shape index (κ1) is 29.7. The Bertz CT molecular complexity index is 1440. The molecule has 2 aromatic carbocycles. The number of thiazole rings is 1. The molecule has 43 heavy (non-hydrogen) atoms. The SMILES string of the molecule is Cc1csc([C@H]2C[C@H](F)CN2C(=O)c2cc(C(=O)N[C@@H](Cc3ccccc3)[C@H](O)[C@@H]3CCCN3)cc3c2CCCCO3)n1. The predicted molar refractivity (Wildman–Crippen MR) is 163 cm³/mol. The first-order valence-corrected chi connectivity index (χ1v) is 16.2. The number of fused-ring (bicyclic) bond motifs is 1. The molecule has 0 bridgehead atoms. The number of aromatic nitrogens is 1. The van der Waals surface area contributed by atoms with Crippen molar-refractivity contribution in [3.8, 4) is 5.75 Å². The lowest BCUT2D eigenvalue weighted by molar-refractivity contribution is 0.0725. The zero-order valence-electron chi connectivity index (χ0n) is 24.4. The maximum absolute atomic E-state index is 14.8. The van der Waals surface area contributed by atoms with Crippen molar-refractivity contribution in [3.05, 3.63) is 80.8 Å². The van der Waals surface area contributed by atoms with E-state index in [0.29, 0.717) is 30.8 Å². The lowest BCUT2D eigenvalue weighted by Crippen LogP contribution is -2.52. The van der Waals surface area contributed by atoms with Crippen LogP contribution in [0.15, 0.2) is 47.8 Å². The Morgan fingerprint density at radius 2 is 2.07 bits per heavy atom. The molecule has 0 saturated carbocycles. The van der Waals surface area contributed by atoms with Gasteiger partial charge in [0.2, 0.25) is 0 Å². The van der Waals surface area contributed by atoms with Gasteiger partial charge in [-0.1, -0.05) is 30.3 Å². The third-order valence-corrected chi connectivity index (χ3v) is 9.81. The molecular weight excluding hydrogens is 567 g/mol. The fraction of sp³-hybridized carbons (Fsp3) is 0.485. The van der Waals surface area contributed by atoms with Gasteiger partial charge in [-0.3, -0.25) is 9.59 Å². The molecule has 0 aliphatic carbocycles. The number of nitrogens with zero attached hydrogens (tertiary/aromatic N) is 2. The lowest BCUT2D eigenvalue weighted by Gasteiger charge is -2.29. The molecule has 3 aliphatic heterocycles. The lowest BCUT2D eigenvalue weighted by atomic mass is 9.94. The van der Waals surface area contributed by atoms with Crippen molar-refractivity contribution < 1.29 is 23.8 Å². The minimum absolute atomic E-state index is 0.0199. The maximum Gasteiger partial charge on any atom is 0.254 e. The molecule has 4 heterocycles. The van der Waals surface area contributed by atoms with E-state index in [1.54, 1.807) is 17.0 Å². The molecule has 2 fully saturated rings. The number of hydrogen-bond donors (Lipinski definition) is 3. The highest BCUT2D eigenvalue weighted by molar-refractivity contribution is 7.09. The molecule has 0 unspecified atom stereocenters. The van der Waals surface area contributed by atoms with Crippen LogP contribution in [0, 0.1) is 6.92 Å². The number of ether oxygens (including phenoxy) is 1. The van der Waals surface area contributed by atoms with Gasteiger partial charge < -0.3 is 25.4 Å². The van der Waals surface area contributed by atoms with Crippen LogP contribution in [0.25, 0.3) is 0 Å². The van der Waals surface area contributed by atoms with Crippen molar-refractivity contribution in [2.75, 3.05) is 19.7 Å². The van der Waals surface area contributed by atoms with Crippen LogP contribution in [0.3, 0.4) is 0 Å². The number of aryl methyl sites for hydroxylation is 1. The van der Waals surface area contributed by atoms with Crippen LogP contribution in [-0.2, 0) is 12.8 Å².